The van der Waals surface area contributed by atoms with Crippen LogP contribution in [0.4, 0.5) is 0 Å². The Hall–Kier alpha value is -1.39. The molecule has 1 saturated heterocycles. The van der Waals surface area contributed by atoms with Crippen molar-refractivity contribution < 1.29 is 9.53 Å². The van der Waals surface area contributed by atoms with Gasteiger partial charge in [-0.15, -0.1) is 0 Å². The normalized spacial score (nSPS) is 19.4. The summed E-state index contributed by atoms with van der Waals surface area (Å²) in [5, 5.41) is 3.00. The van der Waals surface area contributed by atoms with Crippen LogP contribution in [0.3, 0.4) is 0 Å². The molecule has 1 N–H and O–H groups in total. The second kappa shape index (κ2) is 8.15. The molecule has 0 saturated carbocycles. The zero-order valence-corrected chi connectivity index (χ0v) is 13.1. The van der Waals surface area contributed by atoms with Crippen molar-refractivity contribution in [2.45, 2.75) is 26.3 Å². The highest BCUT2D eigenvalue weighted by atomic mass is 16.5. The smallest absolute Gasteiger partial charge is 0.234 e. The molecule has 0 aromatic heterocycles. The summed E-state index contributed by atoms with van der Waals surface area (Å²) in [5.74, 6) is 0.669. The van der Waals surface area contributed by atoms with Crippen LogP contribution in [0, 0.1) is 12.8 Å². The molecular formula is C17H26N2O2. The van der Waals surface area contributed by atoms with Crippen LogP contribution in [0.1, 0.15) is 24.0 Å². The van der Waals surface area contributed by atoms with Crippen LogP contribution in [0.5, 0.6) is 0 Å². The number of carbonyl (C=O) groups is 1. The fourth-order valence-electron chi connectivity index (χ4n) is 2.83. The summed E-state index contributed by atoms with van der Waals surface area (Å²) in [5.41, 5.74) is 2.38. The molecule has 4 heteroatoms. The molecule has 1 aromatic rings. The monoisotopic (exact) mass is 290 g/mol. The summed E-state index contributed by atoms with van der Waals surface area (Å²) < 4.78 is 5.22. The third-order valence-electron chi connectivity index (χ3n) is 3.98. The van der Waals surface area contributed by atoms with E-state index in [1.54, 1.807) is 7.11 Å². The molecule has 116 valence electrons. The number of carbonyl (C=O) groups excluding carboxylic acids is 1. The van der Waals surface area contributed by atoms with Crippen molar-refractivity contribution in [3.8, 4) is 0 Å². The topological polar surface area (TPSA) is 41.6 Å². The predicted octanol–water partition coefficient (Wildman–Crippen LogP) is 1.97. The van der Waals surface area contributed by atoms with Crippen molar-refractivity contribution in [2.24, 2.45) is 5.92 Å². The summed E-state index contributed by atoms with van der Waals surface area (Å²) in [7, 11) is 1.74. The van der Waals surface area contributed by atoms with Crippen molar-refractivity contribution in [2.75, 3.05) is 33.4 Å². The molecule has 1 aromatic carbocycles. The van der Waals surface area contributed by atoms with Gasteiger partial charge in [0.2, 0.25) is 5.91 Å². The molecule has 0 unspecified atom stereocenters. The fourth-order valence-corrected chi connectivity index (χ4v) is 2.83. The third-order valence-corrected chi connectivity index (χ3v) is 3.98. The van der Waals surface area contributed by atoms with Gasteiger partial charge in [-0.25, -0.2) is 0 Å². The maximum atomic E-state index is 12.0. The zero-order valence-electron chi connectivity index (χ0n) is 13.1. The van der Waals surface area contributed by atoms with E-state index in [1.807, 2.05) is 0 Å². The number of piperidine rings is 1. The molecule has 4 nitrogen and oxygen atoms in total. The van der Waals surface area contributed by atoms with Crippen LogP contribution >= 0.6 is 0 Å². The molecule has 0 aliphatic carbocycles. The Bertz CT molecular complexity index is 443. The van der Waals surface area contributed by atoms with Crippen LogP contribution in [-0.2, 0) is 16.1 Å². The quantitative estimate of drug-likeness (QED) is 0.871. The largest absolute Gasteiger partial charge is 0.384 e. The molecule has 1 fully saturated rings. The number of hydrogen-bond donors (Lipinski definition) is 1. The van der Waals surface area contributed by atoms with Crippen LogP contribution in [-0.4, -0.2) is 44.2 Å². The number of hydrogen-bond acceptors (Lipinski definition) is 3. The summed E-state index contributed by atoms with van der Waals surface area (Å²) >= 11 is 0. The van der Waals surface area contributed by atoms with E-state index in [-0.39, 0.29) is 5.91 Å². The second-order valence-corrected chi connectivity index (χ2v) is 5.96. The highest BCUT2D eigenvalue weighted by molar-refractivity contribution is 5.78. The zero-order chi connectivity index (χ0) is 15.1. The van der Waals surface area contributed by atoms with Gasteiger partial charge in [0, 0.05) is 20.2 Å². The molecule has 1 atom stereocenters. The lowest BCUT2D eigenvalue weighted by Crippen LogP contribution is -2.43. The number of nitrogens with zero attached hydrogens (tertiary/aromatic N) is 1. The van der Waals surface area contributed by atoms with Gasteiger partial charge < -0.3 is 10.1 Å². The van der Waals surface area contributed by atoms with E-state index >= 15 is 0 Å². The van der Waals surface area contributed by atoms with E-state index < -0.39 is 0 Å². The van der Waals surface area contributed by atoms with Gasteiger partial charge in [-0.3, -0.25) is 9.69 Å². The van der Waals surface area contributed by atoms with Crippen molar-refractivity contribution in [3.05, 3.63) is 35.4 Å². The van der Waals surface area contributed by atoms with E-state index in [0.717, 1.165) is 31.7 Å². The maximum absolute atomic E-state index is 12.0. The second-order valence-electron chi connectivity index (χ2n) is 5.96. The number of methoxy groups -OCH3 is 1. The summed E-state index contributed by atoms with van der Waals surface area (Å²) in [6, 6.07) is 8.26. The summed E-state index contributed by atoms with van der Waals surface area (Å²) in [6.45, 7) is 5.93. The van der Waals surface area contributed by atoms with E-state index in [0.29, 0.717) is 19.0 Å². The number of amides is 1. The standard InChI is InChI=1S/C17H26N2O2/c1-14-5-7-15(8-6-14)10-18-17(20)12-19-9-3-4-16(11-19)13-21-2/h5-8,16H,3-4,9-13H2,1-2H3,(H,18,20)/t16-/m0/s1. The maximum Gasteiger partial charge on any atom is 0.234 e. The minimum atomic E-state index is 0.105. The van der Waals surface area contributed by atoms with Crippen molar-refractivity contribution in [3.63, 3.8) is 0 Å². The Morgan fingerprint density at radius 3 is 2.86 bits per heavy atom. The molecule has 0 radical (unpaired) electrons. The lowest BCUT2D eigenvalue weighted by atomic mass is 9.99. The Kier molecular flexibility index (Phi) is 6.21. The summed E-state index contributed by atoms with van der Waals surface area (Å²) in [6.07, 6.45) is 2.36. The average Bonchev–Trinajstić information content (AvgIpc) is 2.47. The SMILES string of the molecule is COC[C@H]1CCCN(CC(=O)NCc2ccc(C)cc2)C1. The Morgan fingerprint density at radius 1 is 1.38 bits per heavy atom. The van der Waals surface area contributed by atoms with Crippen molar-refractivity contribution in [1.82, 2.24) is 10.2 Å². The first-order valence-corrected chi connectivity index (χ1v) is 7.71. The lowest BCUT2D eigenvalue weighted by molar-refractivity contribution is -0.122. The molecule has 1 amide bonds. The van der Waals surface area contributed by atoms with Crippen molar-refractivity contribution in [1.29, 1.82) is 0 Å². The molecule has 21 heavy (non-hydrogen) atoms. The number of benzene rings is 1. The molecular weight excluding hydrogens is 264 g/mol. The number of rotatable bonds is 6. The van der Waals surface area contributed by atoms with E-state index in [2.05, 4.69) is 41.4 Å². The van der Waals surface area contributed by atoms with Crippen LogP contribution in [0.25, 0.3) is 0 Å². The number of aryl methyl sites for hydroxylation is 1. The first-order valence-electron chi connectivity index (χ1n) is 7.71. The van der Waals surface area contributed by atoms with Crippen LogP contribution < -0.4 is 5.32 Å². The molecule has 1 aliphatic rings. The van der Waals surface area contributed by atoms with E-state index in [1.165, 1.54) is 12.0 Å². The molecule has 1 aliphatic heterocycles. The predicted molar refractivity (Wildman–Crippen MR) is 84.1 cm³/mol. The minimum Gasteiger partial charge on any atom is -0.384 e. The molecule has 0 spiro atoms. The van der Waals surface area contributed by atoms with Gasteiger partial charge in [0.25, 0.3) is 0 Å². The Labute approximate surface area is 127 Å². The highest BCUT2D eigenvalue weighted by Gasteiger charge is 2.21. The lowest BCUT2D eigenvalue weighted by Gasteiger charge is -2.31. The number of likely N-dealkylation sites (tertiary alicyclic amines) is 1. The van der Waals surface area contributed by atoms with Gasteiger partial charge in [-0.05, 0) is 37.8 Å². The van der Waals surface area contributed by atoms with Gasteiger partial charge >= 0.3 is 0 Å². The third kappa shape index (κ3) is 5.48. The van der Waals surface area contributed by atoms with Crippen molar-refractivity contribution >= 4 is 5.91 Å². The van der Waals surface area contributed by atoms with Gasteiger partial charge in [-0.2, -0.15) is 0 Å². The number of ether oxygens (including phenoxy) is 1. The number of nitrogens with one attached hydrogen (secondary N) is 1. The first kappa shape index (κ1) is 16.0. The Balaban J connectivity index is 1.72. The van der Waals surface area contributed by atoms with E-state index in [4.69, 9.17) is 4.74 Å². The molecule has 1 heterocycles. The van der Waals surface area contributed by atoms with Gasteiger partial charge in [0.1, 0.15) is 0 Å². The Morgan fingerprint density at radius 2 is 2.14 bits per heavy atom. The fraction of sp³-hybridized carbons (Fsp3) is 0.588. The van der Waals surface area contributed by atoms with E-state index in [9.17, 15) is 4.79 Å². The van der Waals surface area contributed by atoms with Gasteiger partial charge in [-0.1, -0.05) is 29.8 Å². The first-order chi connectivity index (χ1) is 10.2. The van der Waals surface area contributed by atoms with Crippen LogP contribution in [0.2, 0.25) is 0 Å². The van der Waals surface area contributed by atoms with Crippen LogP contribution in [0.15, 0.2) is 24.3 Å². The molecule has 0 bridgehead atoms. The minimum absolute atomic E-state index is 0.105. The average molecular weight is 290 g/mol. The summed E-state index contributed by atoms with van der Waals surface area (Å²) in [4.78, 5) is 14.3. The highest BCUT2D eigenvalue weighted by Crippen LogP contribution is 2.16. The van der Waals surface area contributed by atoms with Gasteiger partial charge in [0.05, 0.1) is 13.2 Å². The molecule has 2 rings (SSSR count). The van der Waals surface area contributed by atoms with Gasteiger partial charge in [0.15, 0.2) is 0 Å².